The van der Waals surface area contributed by atoms with Crippen LogP contribution in [0.1, 0.15) is 37.0 Å². The Balaban J connectivity index is 1.47. The number of carbonyl (C=O) groups excluding carboxylic acids is 1. The smallest absolute Gasteiger partial charge is 0.253 e. The summed E-state index contributed by atoms with van der Waals surface area (Å²) in [6, 6.07) is 8.33. The van der Waals surface area contributed by atoms with Gasteiger partial charge in [-0.3, -0.25) is 9.69 Å². The number of carbonyl (C=O) groups is 1. The molecule has 0 N–H and O–H groups in total. The highest BCUT2D eigenvalue weighted by Crippen LogP contribution is 2.29. The summed E-state index contributed by atoms with van der Waals surface area (Å²) < 4.78 is 1.95. The lowest BCUT2D eigenvalue weighted by Crippen LogP contribution is -2.44. The summed E-state index contributed by atoms with van der Waals surface area (Å²) >= 11 is 0. The topological polar surface area (TPSA) is 41.4 Å². The summed E-state index contributed by atoms with van der Waals surface area (Å²) in [5, 5.41) is 0. The molecule has 3 aliphatic heterocycles. The summed E-state index contributed by atoms with van der Waals surface area (Å²) in [5.41, 5.74) is 3.16. The monoisotopic (exact) mass is 364 g/mol. The SMILES string of the molecule is CC(C)=CCN1C[C@H]2CC[C@@H]1CN(C(=O)c1ccc(-n3ccnc3)cc1)C2. The average Bonchev–Trinajstić information content (AvgIpc) is 3.06. The number of rotatable bonds is 4. The van der Waals surface area contributed by atoms with E-state index in [9.17, 15) is 4.79 Å². The third-order valence-corrected chi connectivity index (χ3v) is 5.77. The van der Waals surface area contributed by atoms with Crippen LogP contribution in [-0.4, -0.2) is 57.5 Å². The zero-order chi connectivity index (χ0) is 18.8. The van der Waals surface area contributed by atoms with Crippen molar-refractivity contribution < 1.29 is 4.79 Å². The molecule has 0 radical (unpaired) electrons. The summed E-state index contributed by atoms with van der Waals surface area (Å²) in [4.78, 5) is 21.8. The number of allylic oxidation sites excluding steroid dienone is 1. The summed E-state index contributed by atoms with van der Waals surface area (Å²) in [7, 11) is 0. The molecule has 3 fully saturated rings. The third-order valence-electron chi connectivity index (χ3n) is 5.77. The van der Waals surface area contributed by atoms with Crippen molar-refractivity contribution in [1.29, 1.82) is 0 Å². The summed E-state index contributed by atoms with van der Waals surface area (Å²) in [6.07, 6.45) is 10.2. The number of benzene rings is 1. The molecule has 1 aromatic heterocycles. The van der Waals surface area contributed by atoms with Gasteiger partial charge in [0.2, 0.25) is 0 Å². The van der Waals surface area contributed by atoms with E-state index >= 15 is 0 Å². The zero-order valence-corrected chi connectivity index (χ0v) is 16.2. The zero-order valence-electron chi connectivity index (χ0n) is 16.2. The van der Waals surface area contributed by atoms with Gasteiger partial charge in [-0.15, -0.1) is 0 Å². The van der Waals surface area contributed by atoms with Crippen molar-refractivity contribution >= 4 is 5.91 Å². The van der Waals surface area contributed by atoms with Gasteiger partial charge in [-0.05, 0) is 56.9 Å². The van der Waals surface area contributed by atoms with E-state index in [1.54, 1.807) is 12.5 Å². The lowest BCUT2D eigenvalue weighted by atomic mass is 9.95. The molecule has 0 unspecified atom stereocenters. The Morgan fingerprint density at radius 3 is 2.67 bits per heavy atom. The van der Waals surface area contributed by atoms with Crippen LogP contribution in [0, 0.1) is 5.92 Å². The maximum absolute atomic E-state index is 13.1. The van der Waals surface area contributed by atoms with Crippen molar-refractivity contribution in [1.82, 2.24) is 19.4 Å². The Labute approximate surface area is 161 Å². The Morgan fingerprint density at radius 2 is 1.96 bits per heavy atom. The Morgan fingerprint density at radius 1 is 1.15 bits per heavy atom. The molecular formula is C22H28N4O. The number of nitrogens with zero attached hydrogens (tertiary/aromatic N) is 4. The van der Waals surface area contributed by atoms with Crippen LogP contribution in [0.5, 0.6) is 0 Å². The van der Waals surface area contributed by atoms with Crippen molar-refractivity contribution in [2.24, 2.45) is 5.92 Å². The number of hydrogen-bond donors (Lipinski definition) is 0. The molecule has 5 nitrogen and oxygen atoms in total. The van der Waals surface area contributed by atoms with Crippen LogP contribution in [0.25, 0.3) is 5.69 Å². The van der Waals surface area contributed by atoms with E-state index in [2.05, 4.69) is 34.7 Å². The van der Waals surface area contributed by atoms with Crippen LogP contribution in [0.2, 0.25) is 0 Å². The van der Waals surface area contributed by atoms with Gasteiger partial charge in [-0.2, -0.15) is 0 Å². The fourth-order valence-corrected chi connectivity index (χ4v) is 4.24. The Kier molecular flexibility index (Phi) is 5.12. The van der Waals surface area contributed by atoms with E-state index < -0.39 is 0 Å². The molecule has 3 saturated heterocycles. The van der Waals surface area contributed by atoms with Crippen LogP contribution >= 0.6 is 0 Å². The van der Waals surface area contributed by atoms with E-state index in [0.717, 1.165) is 37.4 Å². The van der Waals surface area contributed by atoms with Gasteiger partial charge < -0.3 is 9.47 Å². The fourth-order valence-electron chi connectivity index (χ4n) is 4.24. The second-order valence-corrected chi connectivity index (χ2v) is 8.06. The lowest BCUT2D eigenvalue weighted by molar-refractivity contribution is 0.0740. The molecule has 142 valence electrons. The number of hydrogen-bond acceptors (Lipinski definition) is 3. The predicted molar refractivity (Wildman–Crippen MR) is 107 cm³/mol. The van der Waals surface area contributed by atoms with E-state index in [4.69, 9.17) is 0 Å². The maximum atomic E-state index is 13.1. The van der Waals surface area contributed by atoms with Crippen LogP contribution in [0.15, 0.2) is 54.6 Å². The number of piperidine rings is 1. The number of amides is 1. The van der Waals surface area contributed by atoms with Gasteiger partial charge >= 0.3 is 0 Å². The molecule has 3 aliphatic rings. The van der Waals surface area contributed by atoms with Crippen molar-refractivity contribution in [2.45, 2.75) is 32.7 Å². The molecule has 27 heavy (non-hydrogen) atoms. The molecule has 0 saturated carbocycles. The first kappa shape index (κ1) is 18.0. The molecule has 0 spiro atoms. The first-order valence-electron chi connectivity index (χ1n) is 9.85. The second-order valence-electron chi connectivity index (χ2n) is 8.06. The molecule has 1 amide bonds. The summed E-state index contributed by atoms with van der Waals surface area (Å²) in [5.74, 6) is 0.747. The molecule has 2 aromatic rings. The third kappa shape index (κ3) is 3.98. The molecule has 5 rings (SSSR count). The van der Waals surface area contributed by atoms with Gasteiger partial charge in [0.1, 0.15) is 0 Å². The van der Waals surface area contributed by atoms with Gasteiger partial charge in [0.25, 0.3) is 5.91 Å². The molecule has 2 bridgehead atoms. The highest BCUT2D eigenvalue weighted by atomic mass is 16.2. The van der Waals surface area contributed by atoms with Crippen LogP contribution < -0.4 is 0 Å². The molecule has 5 heteroatoms. The van der Waals surface area contributed by atoms with Crippen molar-refractivity contribution in [3.8, 4) is 5.69 Å². The predicted octanol–water partition coefficient (Wildman–Crippen LogP) is 3.37. The molecule has 2 atom stereocenters. The maximum Gasteiger partial charge on any atom is 0.253 e. The number of fused-ring (bicyclic) bond motifs is 4. The standard InChI is InChI=1S/C22H28N4O/c1-17(2)9-11-24-13-18-3-6-21(24)15-26(14-18)22(27)19-4-7-20(8-5-19)25-12-10-23-16-25/h4-5,7-10,12,16,18,21H,3,6,11,13-15H2,1-2H3/t18-,21-/m1/s1. The van der Waals surface area contributed by atoms with Crippen molar-refractivity contribution in [3.63, 3.8) is 0 Å². The number of aromatic nitrogens is 2. The van der Waals surface area contributed by atoms with E-state index in [0.29, 0.717) is 12.0 Å². The largest absolute Gasteiger partial charge is 0.337 e. The van der Waals surface area contributed by atoms with Crippen molar-refractivity contribution in [3.05, 3.63) is 60.2 Å². The van der Waals surface area contributed by atoms with Gasteiger partial charge in [0.15, 0.2) is 0 Å². The van der Waals surface area contributed by atoms with Gasteiger partial charge in [0.05, 0.1) is 6.33 Å². The Hall–Kier alpha value is -2.40. The molecule has 4 heterocycles. The average molecular weight is 364 g/mol. The Bertz CT molecular complexity index is 805. The fraction of sp³-hybridized carbons (Fsp3) is 0.455. The minimum atomic E-state index is 0.160. The first-order valence-corrected chi connectivity index (χ1v) is 9.85. The minimum absolute atomic E-state index is 0.160. The highest BCUT2D eigenvalue weighted by Gasteiger charge is 2.36. The molecule has 1 aromatic carbocycles. The quantitative estimate of drug-likeness (QED) is 0.781. The van der Waals surface area contributed by atoms with Crippen LogP contribution in [-0.2, 0) is 0 Å². The molecule has 0 aliphatic carbocycles. The lowest BCUT2D eigenvalue weighted by Gasteiger charge is -2.35. The van der Waals surface area contributed by atoms with Crippen LogP contribution in [0.4, 0.5) is 0 Å². The minimum Gasteiger partial charge on any atom is -0.337 e. The van der Waals surface area contributed by atoms with E-state index in [1.165, 1.54) is 18.4 Å². The number of imidazole rings is 1. The second kappa shape index (κ2) is 7.69. The van der Waals surface area contributed by atoms with Gasteiger partial charge in [-0.25, -0.2) is 4.98 Å². The van der Waals surface area contributed by atoms with Gasteiger partial charge in [0, 0.05) is 55.9 Å². The van der Waals surface area contributed by atoms with E-state index in [1.807, 2.05) is 35.0 Å². The summed E-state index contributed by atoms with van der Waals surface area (Å²) in [6.45, 7) is 8.14. The molecular weight excluding hydrogens is 336 g/mol. The highest BCUT2D eigenvalue weighted by molar-refractivity contribution is 5.94. The van der Waals surface area contributed by atoms with Crippen molar-refractivity contribution in [2.75, 3.05) is 26.2 Å². The van der Waals surface area contributed by atoms with Gasteiger partial charge in [-0.1, -0.05) is 11.6 Å². The van der Waals surface area contributed by atoms with E-state index in [-0.39, 0.29) is 5.91 Å². The van der Waals surface area contributed by atoms with Crippen LogP contribution in [0.3, 0.4) is 0 Å². The first-order chi connectivity index (χ1) is 13.1. The normalized spacial score (nSPS) is 22.5.